The third kappa shape index (κ3) is 11.7. The van der Waals surface area contributed by atoms with Crippen LogP contribution in [0.5, 0.6) is 0 Å². The molecule has 0 aliphatic carbocycles. The highest BCUT2D eigenvalue weighted by Crippen LogP contribution is 2.19. The monoisotopic (exact) mass is 614 g/mol. The lowest BCUT2D eigenvalue weighted by Gasteiger charge is -2.26. The van der Waals surface area contributed by atoms with Gasteiger partial charge in [0, 0.05) is 23.5 Å². The fraction of sp³-hybridized carbons (Fsp3) is 0.533. The second-order valence-corrected chi connectivity index (χ2v) is 11.3. The molecule has 2 rings (SSSR count). The minimum Gasteiger partial charge on any atom is -0.370 e. The van der Waals surface area contributed by atoms with Gasteiger partial charge in [-0.15, -0.1) is 0 Å². The summed E-state index contributed by atoms with van der Waals surface area (Å²) < 4.78 is 0. The summed E-state index contributed by atoms with van der Waals surface area (Å²) in [6.45, 7) is 5.53. The van der Waals surface area contributed by atoms with Gasteiger partial charge >= 0.3 is 0 Å². The maximum absolute atomic E-state index is 13.4. The zero-order chi connectivity index (χ0) is 32.8. The molecule has 11 N–H and O–H groups in total. The average molecular weight is 615 g/mol. The Morgan fingerprint density at radius 1 is 0.818 bits per heavy atom. The first-order chi connectivity index (χ1) is 20.8. The van der Waals surface area contributed by atoms with Gasteiger partial charge in [-0.25, -0.2) is 0 Å². The smallest absolute Gasteiger partial charge is 0.243 e. The van der Waals surface area contributed by atoms with Gasteiger partial charge in [0.2, 0.25) is 35.4 Å². The first-order valence-corrected chi connectivity index (χ1v) is 14.9. The van der Waals surface area contributed by atoms with Crippen LogP contribution in [-0.2, 0) is 35.2 Å². The maximum Gasteiger partial charge on any atom is 0.243 e. The number of amides is 6. The standard InChI is InChI=1S/C30H46N8O6/c1-17(2)14-23(36-26(40)12-11-19-16-34-21-9-5-4-8-20(19)21)30(44)37-22(10-6-7-13-31)28(42)38-24(15-25(32)39)29(43)35-18(3)27(33)41/h4-5,8-9,16-18,22-24,34H,6-7,10-15,31H2,1-3H3,(H2,32,39)(H2,33,41)(H,35,43)(H,36,40)(H,37,44)(H,38,42)/t18-,22+,23+,24+/m1/s1. The van der Waals surface area contributed by atoms with E-state index in [1.807, 2.05) is 44.3 Å². The number of aryl methyl sites for hydroxylation is 1. The zero-order valence-electron chi connectivity index (χ0n) is 25.6. The number of aromatic amines is 1. The summed E-state index contributed by atoms with van der Waals surface area (Å²) in [5.41, 5.74) is 18.0. The lowest BCUT2D eigenvalue weighted by atomic mass is 10.0. The molecule has 2 aromatic rings. The Morgan fingerprint density at radius 2 is 1.45 bits per heavy atom. The van der Waals surface area contributed by atoms with E-state index in [4.69, 9.17) is 17.2 Å². The first kappa shape index (κ1) is 35.7. The molecule has 44 heavy (non-hydrogen) atoms. The molecule has 4 atom stereocenters. The molecule has 0 radical (unpaired) electrons. The Kier molecular flexibility index (Phi) is 14.3. The number of rotatable bonds is 19. The van der Waals surface area contributed by atoms with Gasteiger partial charge in [0.25, 0.3) is 0 Å². The molecular weight excluding hydrogens is 568 g/mol. The van der Waals surface area contributed by atoms with Crippen molar-refractivity contribution in [1.82, 2.24) is 26.3 Å². The van der Waals surface area contributed by atoms with Gasteiger partial charge in [0.15, 0.2) is 0 Å². The summed E-state index contributed by atoms with van der Waals surface area (Å²) in [4.78, 5) is 78.6. The zero-order valence-corrected chi connectivity index (χ0v) is 25.6. The fourth-order valence-corrected chi connectivity index (χ4v) is 4.66. The third-order valence-electron chi connectivity index (χ3n) is 7.06. The minimum atomic E-state index is -1.41. The summed E-state index contributed by atoms with van der Waals surface area (Å²) in [5.74, 6) is -4.09. The highest BCUT2D eigenvalue weighted by Gasteiger charge is 2.31. The number of hydrogen-bond acceptors (Lipinski definition) is 7. The van der Waals surface area contributed by atoms with Crippen LogP contribution >= 0.6 is 0 Å². The molecule has 14 nitrogen and oxygen atoms in total. The van der Waals surface area contributed by atoms with Crippen molar-refractivity contribution in [3.8, 4) is 0 Å². The van der Waals surface area contributed by atoms with Crippen molar-refractivity contribution in [3.63, 3.8) is 0 Å². The van der Waals surface area contributed by atoms with Gasteiger partial charge < -0.3 is 43.5 Å². The second-order valence-electron chi connectivity index (χ2n) is 11.3. The molecule has 0 spiro atoms. The summed E-state index contributed by atoms with van der Waals surface area (Å²) in [6.07, 6.45) is 3.48. The number of carbonyl (C=O) groups is 6. The van der Waals surface area contributed by atoms with Crippen molar-refractivity contribution in [1.29, 1.82) is 0 Å². The van der Waals surface area contributed by atoms with Crippen LogP contribution in [0.2, 0.25) is 0 Å². The van der Waals surface area contributed by atoms with E-state index in [0.29, 0.717) is 32.2 Å². The van der Waals surface area contributed by atoms with Gasteiger partial charge in [0.05, 0.1) is 6.42 Å². The van der Waals surface area contributed by atoms with Crippen molar-refractivity contribution in [3.05, 3.63) is 36.0 Å². The number of nitrogens with two attached hydrogens (primary N) is 3. The molecule has 1 aromatic carbocycles. The van der Waals surface area contributed by atoms with E-state index in [2.05, 4.69) is 26.3 Å². The van der Waals surface area contributed by atoms with E-state index < -0.39 is 60.1 Å². The highest BCUT2D eigenvalue weighted by atomic mass is 16.2. The molecule has 0 aliphatic rings. The lowest BCUT2D eigenvalue weighted by Crippen LogP contribution is -2.58. The molecular formula is C30H46N8O6. The van der Waals surface area contributed by atoms with Gasteiger partial charge in [-0.05, 0) is 63.1 Å². The number of benzene rings is 1. The summed E-state index contributed by atoms with van der Waals surface area (Å²) in [5, 5.41) is 11.3. The van der Waals surface area contributed by atoms with Crippen LogP contribution in [0.4, 0.5) is 0 Å². The van der Waals surface area contributed by atoms with Crippen LogP contribution in [0, 0.1) is 5.92 Å². The SMILES string of the molecule is CC(C)C[C@H](NC(=O)CCc1c[nH]c2ccccc12)C(=O)N[C@@H](CCCCN)C(=O)N[C@@H](CC(N)=O)C(=O)N[C@H](C)C(N)=O. The van der Waals surface area contributed by atoms with Gasteiger partial charge in [-0.2, -0.15) is 0 Å². The normalized spacial score (nSPS) is 13.8. The van der Waals surface area contributed by atoms with E-state index in [9.17, 15) is 28.8 Å². The fourth-order valence-electron chi connectivity index (χ4n) is 4.66. The van der Waals surface area contributed by atoms with Gasteiger partial charge in [0.1, 0.15) is 24.2 Å². The number of H-pyrrole nitrogens is 1. The van der Waals surface area contributed by atoms with Crippen LogP contribution < -0.4 is 38.5 Å². The minimum absolute atomic E-state index is 0.0417. The second kappa shape index (κ2) is 17.6. The van der Waals surface area contributed by atoms with E-state index in [-0.39, 0.29) is 24.7 Å². The number of unbranched alkanes of at least 4 members (excludes halogenated alkanes) is 1. The van der Waals surface area contributed by atoms with E-state index in [0.717, 1.165) is 16.5 Å². The van der Waals surface area contributed by atoms with Crippen LogP contribution in [0.25, 0.3) is 10.9 Å². The number of carbonyl (C=O) groups excluding carboxylic acids is 6. The molecule has 14 heteroatoms. The summed E-state index contributed by atoms with van der Waals surface area (Å²) >= 11 is 0. The third-order valence-corrected chi connectivity index (χ3v) is 7.06. The van der Waals surface area contributed by atoms with E-state index >= 15 is 0 Å². The largest absolute Gasteiger partial charge is 0.370 e. The summed E-state index contributed by atoms with van der Waals surface area (Å²) in [6, 6.07) is 3.27. The number of nitrogens with one attached hydrogen (secondary N) is 5. The highest BCUT2D eigenvalue weighted by molar-refractivity contribution is 5.97. The molecule has 6 amide bonds. The molecule has 0 unspecified atom stereocenters. The lowest BCUT2D eigenvalue weighted by molar-refractivity contribution is -0.135. The average Bonchev–Trinajstić information content (AvgIpc) is 3.37. The molecule has 0 aliphatic heterocycles. The molecule has 0 saturated heterocycles. The van der Waals surface area contributed by atoms with Gasteiger partial charge in [-0.1, -0.05) is 32.0 Å². The molecule has 242 valence electrons. The molecule has 0 bridgehead atoms. The molecule has 0 saturated carbocycles. The predicted octanol–water partition coefficient (Wildman–Crippen LogP) is -0.405. The van der Waals surface area contributed by atoms with Crippen molar-refractivity contribution in [2.75, 3.05) is 6.54 Å². The number of fused-ring (bicyclic) bond motifs is 1. The molecule has 0 fully saturated rings. The molecule has 1 heterocycles. The van der Waals surface area contributed by atoms with Crippen molar-refractivity contribution in [2.45, 2.75) is 89.9 Å². The number of primary amides is 2. The van der Waals surface area contributed by atoms with E-state index in [1.165, 1.54) is 6.92 Å². The van der Waals surface area contributed by atoms with Crippen molar-refractivity contribution >= 4 is 46.3 Å². The molecule has 1 aromatic heterocycles. The first-order valence-electron chi connectivity index (χ1n) is 14.9. The Morgan fingerprint density at radius 3 is 2.09 bits per heavy atom. The number of para-hydroxylation sites is 1. The van der Waals surface area contributed by atoms with Crippen LogP contribution in [0.3, 0.4) is 0 Å². The number of hydrogen-bond donors (Lipinski definition) is 8. The van der Waals surface area contributed by atoms with Crippen LogP contribution in [-0.4, -0.2) is 71.1 Å². The van der Waals surface area contributed by atoms with Crippen LogP contribution in [0.1, 0.15) is 64.9 Å². The van der Waals surface area contributed by atoms with Crippen molar-refractivity contribution in [2.24, 2.45) is 23.1 Å². The van der Waals surface area contributed by atoms with E-state index in [1.54, 1.807) is 0 Å². The quantitative estimate of drug-likeness (QED) is 0.0972. The van der Waals surface area contributed by atoms with Crippen LogP contribution in [0.15, 0.2) is 30.5 Å². The topological polar surface area (TPSA) is 244 Å². The number of aromatic nitrogens is 1. The summed E-state index contributed by atoms with van der Waals surface area (Å²) in [7, 11) is 0. The Balaban J connectivity index is 2.14. The predicted molar refractivity (Wildman–Crippen MR) is 165 cm³/mol. The Hall–Kier alpha value is -4.46. The van der Waals surface area contributed by atoms with Crippen molar-refractivity contribution < 1.29 is 28.8 Å². The maximum atomic E-state index is 13.4. The Labute approximate surface area is 257 Å². The van der Waals surface area contributed by atoms with Gasteiger partial charge in [-0.3, -0.25) is 28.8 Å². The Bertz CT molecular complexity index is 1310.